The molecule has 4 rings (SSSR count). The largest absolute Gasteiger partial charge is 0.410 e. The summed E-state index contributed by atoms with van der Waals surface area (Å²) in [5.74, 6) is 0.574. The number of alkyl halides is 3. The summed E-state index contributed by atoms with van der Waals surface area (Å²) < 4.78 is 47.0. The van der Waals surface area contributed by atoms with Crippen molar-refractivity contribution in [1.29, 1.82) is 0 Å². The molecule has 0 aromatic carbocycles. The number of nitrogens with one attached hydrogen (secondary N) is 1. The highest BCUT2D eigenvalue weighted by Crippen LogP contribution is 2.42. The number of fused-ring (bicyclic) bond motifs is 1. The molecule has 2 aromatic heterocycles. The Bertz CT molecular complexity index is 900. The van der Waals surface area contributed by atoms with E-state index in [1.54, 1.807) is 24.8 Å². The summed E-state index contributed by atoms with van der Waals surface area (Å²) in [6, 6.07) is -0.637. The number of anilines is 1. The number of halogens is 3. The normalized spacial score (nSPS) is 24.5. The third-order valence-electron chi connectivity index (χ3n) is 5.88. The van der Waals surface area contributed by atoms with E-state index < -0.39 is 12.2 Å². The van der Waals surface area contributed by atoms with Crippen LogP contribution < -0.4 is 5.32 Å². The number of amides is 1. The third kappa shape index (κ3) is 3.38. The molecular formula is C19H24F3N5O2. The number of hydrogen-bond acceptors (Lipinski definition) is 5. The monoisotopic (exact) mass is 411 g/mol. The molecule has 3 atom stereocenters. The van der Waals surface area contributed by atoms with Gasteiger partial charge in [0.05, 0.1) is 17.4 Å². The number of aryl methyl sites for hydroxylation is 2. The summed E-state index contributed by atoms with van der Waals surface area (Å²) in [7, 11) is 0. The highest BCUT2D eigenvalue weighted by atomic mass is 19.4. The molecule has 0 spiro atoms. The fraction of sp³-hybridized carbons (Fsp3) is 0.632. The second-order valence-electron chi connectivity index (χ2n) is 7.80. The first-order valence-corrected chi connectivity index (χ1v) is 9.87. The topological polar surface area (TPSA) is 76.2 Å². The lowest BCUT2D eigenvalue weighted by molar-refractivity contribution is -0.173. The van der Waals surface area contributed by atoms with E-state index in [1.165, 1.54) is 0 Å². The minimum atomic E-state index is -4.38. The van der Waals surface area contributed by atoms with Crippen LogP contribution in [-0.4, -0.2) is 44.5 Å². The van der Waals surface area contributed by atoms with Gasteiger partial charge in [0.2, 0.25) is 0 Å². The highest BCUT2D eigenvalue weighted by molar-refractivity contribution is 5.96. The Morgan fingerprint density at radius 2 is 2.14 bits per heavy atom. The van der Waals surface area contributed by atoms with Crippen molar-refractivity contribution in [2.75, 3.05) is 11.9 Å². The molecule has 158 valence electrons. The van der Waals surface area contributed by atoms with Gasteiger partial charge in [0.1, 0.15) is 17.1 Å². The highest BCUT2D eigenvalue weighted by Gasteiger charge is 2.46. The van der Waals surface area contributed by atoms with Gasteiger partial charge in [-0.2, -0.15) is 18.3 Å². The zero-order valence-corrected chi connectivity index (χ0v) is 16.6. The minimum absolute atomic E-state index is 0.0550. The molecule has 1 N–H and O–H groups in total. The summed E-state index contributed by atoms with van der Waals surface area (Å²) in [5, 5.41) is 11.3. The van der Waals surface area contributed by atoms with Crippen LogP contribution in [-0.2, 0) is 0 Å². The average molecular weight is 411 g/mol. The van der Waals surface area contributed by atoms with Gasteiger partial charge in [-0.25, -0.2) is 4.68 Å². The van der Waals surface area contributed by atoms with Crippen LogP contribution in [0.2, 0.25) is 0 Å². The van der Waals surface area contributed by atoms with Gasteiger partial charge in [0, 0.05) is 18.7 Å². The number of carbonyl (C=O) groups excluding carboxylic acids is 1. The minimum Gasteiger partial charge on any atom is -0.367 e. The predicted molar refractivity (Wildman–Crippen MR) is 98.6 cm³/mol. The van der Waals surface area contributed by atoms with E-state index in [0.29, 0.717) is 47.9 Å². The summed E-state index contributed by atoms with van der Waals surface area (Å²) in [4.78, 5) is 14.8. The molecule has 2 aliphatic rings. The molecule has 1 saturated heterocycles. The van der Waals surface area contributed by atoms with Crippen molar-refractivity contribution < 1.29 is 22.5 Å². The molecule has 0 radical (unpaired) electrons. The molecule has 1 unspecified atom stereocenters. The lowest BCUT2D eigenvalue weighted by Gasteiger charge is -2.32. The summed E-state index contributed by atoms with van der Waals surface area (Å²) in [6.45, 7) is 5.76. The maximum absolute atomic E-state index is 13.6. The molecule has 0 aliphatic carbocycles. The number of aromatic nitrogens is 3. The Kier molecular flexibility index (Phi) is 4.82. The second kappa shape index (κ2) is 7.07. The zero-order valence-electron chi connectivity index (χ0n) is 16.6. The third-order valence-corrected chi connectivity index (χ3v) is 5.88. The SMILES string of the molecule is CC[C@@H]1C[C@H](C(F)(F)F)n2nc(C3CCCN3C(=O)c3c(C)noc3C)cc2N1. The van der Waals surface area contributed by atoms with Crippen molar-refractivity contribution in [1.82, 2.24) is 19.8 Å². The quantitative estimate of drug-likeness (QED) is 0.821. The Morgan fingerprint density at radius 1 is 1.38 bits per heavy atom. The second-order valence-corrected chi connectivity index (χ2v) is 7.80. The summed E-state index contributed by atoms with van der Waals surface area (Å²) in [6.07, 6.45) is -2.43. The van der Waals surface area contributed by atoms with Gasteiger partial charge in [-0.3, -0.25) is 4.79 Å². The first kappa shape index (κ1) is 19.8. The standard InChI is InChI=1S/C19H24F3N5O2/c1-4-12-8-15(19(20,21)22)27-16(23-12)9-13(24-27)14-6-5-7-26(14)18(28)17-10(2)25-29-11(17)3/h9,12,14-15,23H,4-8H2,1-3H3/t12-,14?,15-/m1/s1. The van der Waals surface area contributed by atoms with Gasteiger partial charge < -0.3 is 14.7 Å². The van der Waals surface area contributed by atoms with Crippen LogP contribution in [0.1, 0.15) is 72.2 Å². The number of hydrogen-bond donors (Lipinski definition) is 1. The van der Waals surface area contributed by atoms with Gasteiger partial charge in [-0.05, 0) is 39.5 Å². The van der Waals surface area contributed by atoms with Crippen LogP contribution >= 0.6 is 0 Å². The Balaban J connectivity index is 1.67. The van der Waals surface area contributed by atoms with Crippen LogP contribution in [0.3, 0.4) is 0 Å². The van der Waals surface area contributed by atoms with Crippen molar-refractivity contribution in [2.24, 2.45) is 0 Å². The van der Waals surface area contributed by atoms with Crippen LogP contribution in [0.5, 0.6) is 0 Å². The maximum atomic E-state index is 13.6. The molecule has 2 aliphatic heterocycles. The lowest BCUT2D eigenvalue weighted by Crippen LogP contribution is -2.39. The van der Waals surface area contributed by atoms with Crippen LogP contribution in [0, 0.1) is 13.8 Å². The van der Waals surface area contributed by atoms with Crippen LogP contribution in [0.15, 0.2) is 10.6 Å². The Morgan fingerprint density at radius 3 is 2.76 bits per heavy atom. The van der Waals surface area contributed by atoms with Crippen molar-refractivity contribution in [3.8, 4) is 0 Å². The smallest absolute Gasteiger partial charge is 0.367 e. The van der Waals surface area contributed by atoms with E-state index in [4.69, 9.17) is 4.52 Å². The molecule has 29 heavy (non-hydrogen) atoms. The van der Waals surface area contributed by atoms with E-state index >= 15 is 0 Å². The number of carbonyl (C=O) groups is 1. The molecule has 2 aromatic rings. The summed E-state index contributed by atoms with van der Waals surface area (Å²) in [5.41, 5.74) is 1.40. The molecule has 10 heteroatoms. The van der Waals surface area contributed by atoms with Crippen LogP contribution in [0.4, 0.5) is 19.0 Å². The first-order chi connectivity index (χ1) is 13.7. The lowest BCUT2D eigenvalue weighted by atomic mass is 10.0. The molecule has 1 fully saturated rings. The average Bonchev–Trinajstić information content (AvgIpc) is 3.37. The van der Waals surface area contributed by atoms with E-state index in [-0.39, 0.29) is 24.4 Å². The molecule has 7 nitrogen and oxygen atoms in total. The molecule has 4 heterocycles. The first-order valence-electron chi connectivity index (χ1n) is 9.87. The fourth-order valence-corrected chi connectivity index (χ4v) is 4.35. The van der Waals surface area contributed by atoms with E-state index in [2.05, 4.69) is 15.6 Å². The number of likely N-dealkylation sites (tertiary alicyclic amines) is 1. The Labute approximate surface area is 166 Å². The van der Waals surface area contributed by atoms with Crippen molar-refractivity contribution in [2.45, 2.75) is 70.8 Å². The van der Waals surface area contributed by atoms with Gasteiger partial charge in [0.25, 0.3) is 5.91 Å². The van der Waals surface area contributed by atoms with Gasteiger partial charge in [0.15, 0.2) is 6.04 Å². The van der Waals surface area contributed by atoms with Gasteiger partial charge in [-0.15, -0.1) is 0 Å². The van der Waals surface area contributed by atoms with E-state index in [1.807, 2.05) is 6.92 Å². The number of rotatable bonds is 3. The molecular weight excluding hydrogens is 387 g/mol. The van der Waals surface area contributed by atoms with Gasteiger partial charge >= 0.3 is 6.18 Å². The summed E-state index contributed by atoms with van der Waals surface area (Å²) >= 11 is 0. The van der Waals surface area contributed by atoms with Gasteiger partial charge in [-0.1, -0.05) is 12.1 Å². The molecule has 0 saturated carbocycles. The Hall–Kier alpha value is -2.52. The molecule has 1 amide bonds. The zero-order chi connectivity index (χ0) is 20.9. The predicted octanol–water partition coefficient (Wildman–Crippen LogP) is 4.16. The van der Waals surface area contributed by atoms with E-state index in [9.17, 15) is 18.0 Å². The number of nitrogens with zero attached hydrogens (tertiary/aromatic N) is 4. The fourth-order valence-electron chi connectivity index (χ4n) is 4.35. The van der Waals surface area contributed by atoms with Crippen molar-refractivity contribution in [3.63, 3.8) is 0 Å². The van der Waals surface area contributed by atoms with Crippen LogP contribution in [0.25, 0.3) is 0 Å². The van der Waals surface area contributed by atoms with E-state index in [0.717, 1.165) is 11.1 Å². The maximum Gasteiger partial charge on any atom is 0.410 e. The van der Waals surface area contributed by atoms with Crippen molar-refractivity contribution >= 4 is 11.7 Å². The van der Waals surface area contributed by atoms with Crippen molar-refractivity contribution in [3.05, 3.63) is 28.8 Å². The molecule has 0 bridgehead atoms.